The van der Waals surface area contributed by atoms with Gasteiger partial charge in [0.05, 0.1) is 6.61 Å². The average molecular weight is 336 g/mol. The normalized spacial score (nSPS) is 11.9. The molecule has 0 spiro atoms. The predicted octanol–water partition coefficient (Wildman–Crippen LogP) is 3.99. The molecule has 0 amide bonds. The first-order valence-corrected chi connectivity index (χ1v) is 7.34. The van der Waals surface area contributed by atoms with Gasteiger partial charge in [-0.3, -0.25) is 0 Å². The Morgan fingerprint density at radius 3 is 2.50 bits per heavy atom. The highest BCUT2D eigenvalue weighted by Gasteiger charge is 2.08. The van der Waals surface area contributed by atoms with Gasteiger partial charge in [-0.1, -0.05) is 34.1 Å². The van der Waals surface area contributed by atoms with Gasteiger partial charge in [-0.05, 0) is 42.8 Å². The first-order valence-electron chi connectivity index (χ1n) is 6.55. The Morgan fingerprint density at radius 2 is 1.85 bits per heavy atom. The smallest absolute Gasteiger partial charge is 0.119 e. The third kappa shape index (κ3) is 3.99. The van der Waals surface area contributed by atoms with E-state index >= 15 is 0 Å². The molecule has 0 heterocycles. The summed E-state index contributed by atoms with van der Waals surface area (Å²) in [5.41, 5.74) is 2.25. The van der Waals surface area contributed by atoms with Crippen LogP contribution >= 0.6 is 15.9 Å². The molecular formula is C16H18BrNO2. The van der Waals surface area contributed by atoms with E-state index in [0.29, 0.717) is 6.61 Å². The Balaban J connectivity index is 2.01. The lowest BCUT2D eigenvalue weighted by molar-refractivity contribution is 0.201. The fourth-order valence-corrected chi connectivity index (χ4v) is 2.59. The van der Waals surface area contributed by atoms with Crippen LogP contribution in [-0.4, -0.2) is 18.3 Å². The molecule has 4 heteroatoms. The molecule has 0 saturated carbocycles. The molecule has 0 bridgehead atoms. The number of aliphatic hydroxyl groups excluding tert-OH is 1. The van der Waals surface area contributed by atoms with Crippen LogP contribution in [0, 0.1) is 0 Å². The van der Waals surface area contributed by atoms with E-state index in [4.69, 9.17) is 9.84 Å². The molecule has 0 aromatic heterocycles. The molecule has 1 unspecified atom stereocenters. The Hall–Kier alpha value is -1.52. The summed E-state index contributed by atoms with van der Waals surface area (Å²) in [5.74, 6) is 0.762. The van der Waals surface area contributed by atoms with Crippen molar-refractivity contribution < 1.29 is 9.84 Å². The number of halogens is 1. The second-order valence-electron chi connectivity index (χ2n) is 4.48. The molecule has 2 aromatic rings. The van der Waals surface area contributed by atoms with Gasteiger partial charge in [0.1, 0.15) is 12.4 Å². The number of hydrogen-bond donors (Lipinski definition) is 2. The summed E-state index contributed by atoms with van der Waals surface area (Å²) in [6.07, 6.45) is 0. The molecule has 0 aliphatic heterocycles. The van der Waals surface area contributed by atoms with Crippen LogP contribution in [0.15, 0.2) is 53.0 Å². The van der Waals surface area contributed by atoms with E-state index in [9.17, 15) is 0 Å². The summed E-state index contributed by atoms with van der Waals surface area (Å²) < 4.78 is 6.43. The SMILES string of the molecule is CC(Nc1ccc(OCCO)cc1)c1ccccc1Br. The van der Waals surface area contributed by atoms with Gasteiger partial charge in [-0.25, -0.2) is 0 Å². The predicted molar refractivity (Wildman–Crippen MR) is 85.2 cm³/mol. The van der Waals surface area contributed by atoms with Gasteiger partial charge >= 0.3 is 0 Å². The third-order valence-corrected chi connectivity index (χ3v) is 3.69. The van der Waals surface area contributed by atoms with Crippen molar-refractivity contribution in [2.24, 2.45) is 0 Å². The molecular weight excluding hydrogens is 318 g/mol. The average Bonchev–Trinajstić information content (AvgIpc) is 2.47. The van der Waals surface area contributed by atoms with Crippen LogP contribution < -0.4 is 10.1 Å². The maximum atomic E-state index is 8.71. The first-order chi connectivity index (χ1) is 9.70. The van der Waals surface area contributed by atoms with E-state index < -0.39 is 0 Å². The minimum atomic E-state index is 0.0269. The largest absolute Gasteiger partial charge is 0.491 e. The van der Waals surface area contributed by atoms with E-state index in [2.05, 4.69) is 34.2 Å². The zero-order valence-corrected chi connectivity index (χ0v) is 12.9. The molecule has 3 nitrogen and oxygen atoms in total. The quantitative estimate of drug-likeness (QED) is 0.838. The summed E-state index contributed by atoms with van der Waals surface area (Å²) in [4.78, 5) is 0. The number of anilines is 1. The highest BCUT2D eigenvalue weighted by atomic mass is 79.9. The monoisotopic (exact) mass is 335 g/mol. The topological polar surface area (TPSA) is 41.5 Å². The number of nitrogens with one attached hydrogen (secondary N) is 1. The van der Waals surface area contributed by atoms with Crippen molar-refractivity contribution in [3.8, 4) is 5.75 Å². The van der Waals surface area contributed by atoms with Crippen molar-refractivity contribution in [3.63, 3.8) is 0 Å². The van der Waals surface area contributed by atoms with E-state index in [1.165, 1.54) is 5.56 Å². The molecule has 0 fully saturated rings. The molecule has 106 valence electrons. The second-order valence-corrected chi connectivity index (χ2v) is 5.34. The van der Waals surface area contributed by atoms with Gasteiger partial charge in [0, 0.05) is 16.2 Å². The molecule has 0 aliphatic rings. The Kier molecular flexibility index (Phi) is 5.44. The van der Waals surface area contributed by atoms with Gasteiger partial charge in [0.25, 0.3) is 0 Å². The molecule has 2 N–H and O–H groups in total. The van der Waals surface area contributed by atoms with Crippen LogP contribution in [-0.2, 0) is 0 Å². The van der Waals surface area contributed by atoms with Crippen molar-refractivity contribution in [2.45, 2.75) is 13.0 Å². The third-order valence-electron chi connectivity index (χ3n) is 2.97. The standard InChI is InChI=1S/C16H18BrNO2/c1-12(15-4-2-3-5-16(15)17)18-13-6-8-14(9-7-13)20-11-10-19/h2-9,12,18-19H,10-11H2,1H3. The first kappa shape index (κ1) is 14.9. The van der Waals surface area contributed by atoms with Crippen molar-refractivity contribution in [2.75, 3.05) is 18.5 Å². The summed E-state index contributed by atoms with van der Waals surface area (Å²) in [5, 5.41) is 12.2. The van der Waals surface area contributed by atoms with Gasteiger partial charge in [-0.15, -0.1) is 0 Å². The number of hydrogen-bond acceptors (Lipinski definition) is 3. The summed E-state index contributed by atoms with van der Waals surface area (Å²) in [7, 11) is 0. The zero-order chi connectivity index (χ0) is 14.4. The maximum absolute atomic E-state index is 8.71. The van der Waals surface area contributed by atoms with Crippen molar-refractivity contribution in [3.05, 3.63) is 58.6 Å². The van der Waals surface area contributed by atoms with Crippen LogP contribution in [0.3, 0.4) is 0 Å². The van der Waals surface area contributed by atoms with Crippen LogP contribution in [0.4, 0.5) is 5.69 Å². The van der Waals surface area contributed by atoms with Crippen LogP contribution in [0.2, 0.25) is 0 Å². The molecule has 0 aliphatic carbocycles. The van der Waals surface area contributed by atoms with E-state index in [-0.39, 0.29) is 12.6 Å². The van der Waals surface area contributed by atoms with Gasteiger partial charge in [0.15, 0.2) is 0 Å². The highest BCUT2D eigenvalue weighted by Crippen LogP contribution is 2.26. The van der Waals surface area contributed by atoms with Crippen LogP contribution in [0.1, 0.15) is 18.5 Å². The van der Waals surface area contributed by atoms with Crippen molar-refractivity contribution in [1.82, 2.24) is 0 Å². The van der Waals surface area contributed by atoms with Crippen LogP contribution in [0.25, 0.3) is 0 Å². The lowest BCUT2D eigenvalue weighted by Crippen LogP contribution is -2.07. The zero-order valence-electron chi connectivity index (χ0n) is 11.3. The van der Waals surface area contributed by atoms with Gasteiger partial charge in [-0.2, -0.15) is 0 Å². The summed E-state index contributed by atoms with van der Waals surface area (Å²) >= 11 is 3.57. The van der Waals surface area contributed by atoms with E-state index in [0.717, 1.165) is 15.9 Å². The number of aliphatic hydroxyl groups is 1. The second kappa shape index (κ2) is 7.31. The maximum Gasteiger partial charge on any atom is 0.119 e. The van der Waals surface area contributed by atoms with E-state index in [1.54, 1.807) is 0 Å². The number of benzene rings is 2. The lowest BCUT2D eigenvalue weighted by Gasteiger charge is -2.17. The van der Waals surface area contributed by atoms with Crippen molar-refractivity contribution >= 4 is 21.6 Å². The van der Waals surface area contributed by atoms with Crippen LogP contribution in [0.5, 0.6) is 5.75 Å². The molecule has 0 radical (unpaired) electrons. The Morgan fingerprint density at radius 1 is 1.15 bits per heavy atom. The molecule has 0 saturated heterocycles. The fraction of sp³-hybridized carbons (Fsp3) is 0.250. The molecule has 2 rings (SSSR count). The lowest BCUT2D eigenvalue weighted by atomic mass is 10.1. The summed E-state index contributed by atoms with van der Waals surface area (Å²) in [6.45, 7) is 2.47. The van der Waals surface area contributed by atoms with Gasteiger partial charge in [0.2, 0.25) is 0 Å². The Bertz CT molecular complexity index is 542. The minimum absolute atomic E-state index is 0.0269. The van der Waals surface area contributed by atoms with Gasteiger partial charge < -0.3 is 15.2 Å². The highest BCUT2D eigenvalue weighted by molar-refractivity contribution is 9.10. The molecule has 2 aromatic carbocycles. The summed E-state index contributed by atoms with van der Waals surface area (Å²) in [6, 6.07) is 16.1. The molecule has 20 heavy (non-hydrogen) atoms. The van der Waals surface area contributed by atoms with Crippen molar-refractivity contribution in [1.29, 1.82) is 0 Å². The Labute approximate surface area is 127 Å². The fourth-order valence-electron chi connectivity index (χ4n) is 1.96. The van der Waals surface area contributed by atoms with E-state index in [1.807, 2.05) is 42.5 Å². The number of rotatable bonds is 6. The molecule has 1 atom stereocenters. The number of ether oxygens (including phenoxy) is 1. The minimum Gasteiger partial charge on any atom is -0.491 e.